The predicted molar refractivity (Wildman–Crippen MR) is 237 cm³/mol. The Morgan fingerprint density at radius 2 is 0.897 bits per heavy atom. The van der Waals surface area contributed by atoms with Crippen molar-refractivity contribution in [2.24, 2.45) is 0 Å². The fourth-order valence-corrected chi connectivity index (χ4v) is 8.84. The van der Waals surface area contributed by atoms with Gasteiger partial charge in [0.05, 0.1) is 0 Å². The van der Waals surface area contributed by atoms with Gasteiger partial charge in [0.15, 0.2) is 17.5 Å². The average Bonchev–Trinajstić information content (AvgIpc) is 3.78. The van der Waals surface area contributed by atoms with Crippen LogP contribution in [0.15, 0.2) is 192 Å². The number of fused-ring (bicyclic) bond motifs is 6. The second kappa shape index (κ2) is 13.4. The second-order valence-electron chi connectivity index (χ2n) is 15.6. The van der Waals surface area contributed by atoms with Crippen molar-refractivity contribution < 1.29 is 4.42 Å². The molecular weight excluding hydrogens is 707 g/mol. The van der Waals surface area contributed by atoms with Gasteiger partial charge in [0, 0.05) is 32.9 Å². The van der Waals surface area contributed by atoms with Gasteiger partial charge in [0.1, 0.15) is 11.2 Å². The van der Waals surface area contributed by atoms with Gasteiger partial charge in [-0.25, -0.2) is 15.0 Å². The molecule has 2 aromatic heterocycles. The van der Waals surface area contributed by atoms with Gasteiger partial charge in [-0.2, -0.15) is 0 Å². The lowest BCUT2D eigenvalue weighted by molar-refractivity contribution is 0.660. The first kappa shape index (κ1) is 33.9. The van der Waals surface area contributed by atoms with Crippen molar-refractivity contribution in [3.05, 3.63) is 199 Å². The summed E-state index contributed by atoms with van der Waals surface area (Å²) in [7, 11) is 0. The molecule has 58 heavy (non-hydrogen) atoms. The third-order valence-electron chi connectivity index (χ3n) is 11.8. The van der Waals surface area contributed by atoms with Crippen LogP contribution in [0, 0.1) is 0 Å². The molecule has 274 valence electrons. The molecule has 4 nitrogen and oxygen atoms in total. The normalized spacial score (nSPS) is 12.8. The Morgan fingerprint density at radius 3 is 1.69 bits per heavy atom. The Balaban J connectivity index is 1.05. The first-order valence-corrected chi connectivity index (χ1v) is 19.8. The van der Waals surface area contributed by atoms with E-state index in [1.54, 1.807) is 0 Å². The zero-order chi connectivity index (χ0) is 38.8. The topological polar surface area (TPSA) is 51.8 Å². The van der Waals surface area contributed by atoms with E-state index < -0.39 is 0 Å². The van der Waals surface area contributed by atoms with Crippen LogP contribution in [0.25, 0.3) is 101 Å². The van der Waals surface area contributed by atoms with Crippen molar-refractivity contribution in [3.8, 4) is 78.7 Å². The van der Waals surface area contributed by atoms with Gasteiger partial charge in [-0.05, 0) is 79.9 Å². The average molecular weight is 744 g/mol. The summed E-state index contributed by atoms with van der Waals surface area (Å²) in [6.45, 7) is 4.65. The van der Waals surface area contributed by atoms with Gasteiger partial charge in [-0.3, -0.25) is 0 Å². The second-order valence-corrected chi connectivity index (χ2v) is 15.6. The van der Waals surface area contributed by atoms with Crippen LogP contribution in [-0.4, -0.2) is 15.0 Å². The van der Waals surface area contributed by atoms with Crippen LogP contribution in [0.1, 0.15) is 25.0 Å². The molecule has 1 aliphatic rings. The number of aromatic nitrogens is 3. The van der Waals surface area contributed by atoms with Crippen molar-refractivity contribution >= 4 is 21.9 Å². The third-order valence-corrected chi connectivity index (χ3v) is 11.8. The SMILES string of the molecule is CC1(C)c2ccccc2-c2c(-c3cccc(-c4nc(-c5ccccc5)nc(-c5cccc6oc7ccc(-c8ccc(-c9ccccc9)cc8)cc7c56)n4)c3)cccc21. The molecule has 2 heterocycles. The molecule has 0 bridgehead atoms. The van der Waals surface area contributed by atoms with Crippen LogP contribution in [0.3, 0.4) is 0 Å². The lowest BCUT2D eigenvalue weighted by Crippen LogP contribution is -2.14. The third kappa shape index (κ3) is 5.56. The number of furan rings is 1. The molecule has 4 heteroatoms. The van der Waals surface area contributed by atoms with Crippen molar-refractivity contribution in [2.75, 3.05) is 0 Å². The van der Waals surface area contributed by atoms with Gasteiger partial charge in [0.25, 0.3) is 0 Å². The zero-order valence-corrected chi connectivity index (χ0v) is 32.1. The molecule has 0 aliphatic heterocycles. The highest BCUT2D eigenvalue weighted by atomic mass is 16.3. The number of rotatable bonds is 6. The Hall–Kier alpha value is -7.43. The van der Waals surface area contributed by atoms with E-state index in [1.807, 2.05) is 36.4 Å². The van der Waals surface area contributed by atoms with Crippen molar-refractivity contribution in [1.82, 2.24) is 15.0 Å². The first-order chi connectivity index (χ1) is 28.5. The predicted octanol–water partition coefficient (Wildman–Crippen LogP) is 14.1. The first-order valence-electron chi connectivity index (χ1n) is 19.8. The summed E-state index contributed by atoms with van der Waals surface area (Å²) in [6, 6.07) is 66.1. The monoisotopic (exact) mass is 743 g/mol. The van der Waals surface area contributed by atoms with Crippen LogP contribution in [0.4, 0.5) is 0 Å². The van der Waals surface area contributed by atoms with Gasteiger partial charge in [-0.15, -0.1) is 0 Å². The van der Waals surface area contributed by atoms with Crippen LogP contribution >= 0.6 is 0 Å². The van der Waals surface area contributed by atoms with E-state index in [1.165, 1.54) is 38.9 Å². The molecule has 0 atom stereocenters. The maximum atomic E-state index is 6.48. The Kier molecular flexibility index (Phi) is 7.80. The highest BCUT2D eigenvalue weighted by Crippen LogP contribution is 2.52. The Morgan fingerprint density at radius 1 is 0.362 bits per heavy atom. The minimum absolute atomic E-state index is 0.0840. The maximum absolute atomic E-state index is 6.48. The summed E-state index contributed by atoms with van der Waals surface area (Å²) in [5.74, 6) is 1.82. The van der Waals surface area contributed by atoms with Crippen molar-refractivity contribution in [1.29, 1.82) is 0 Å². The van der Waals surface area contributed by atoms with E-state index in [0.717, 1.165) is 55.3 Å². The summed E-state index contributed by atoms with van der Waals surface area (Å²) in [5.41, 5.74) is 16.5. The largest absolute Gasteiger partial charge is 0.456 e. The lowest BCUT2D eigenvalue weighted by Gasteiger charge is -2.21. The molecule has 0 amide bonds. The lowest BCUT2D eigenvalue weighted by atomic mass is 9.82. The fourth-order valence-electron chi connectivity index (χ4n) is 8.84. The molecule has 0 fully saturated rings. The molecule has 10 aromatic rings. The number of hydrogen-bond donors (Lipinski definition) is 0. The number of hydrogen-bond acceptors (Lipinski definition) is 4. The molecule has 1 aliphatic carbocycles. The van der Waals surface area contributed by atoms with Crippen molar-refractivity contribution in [3.63, 3.8) is 0 Å². The molecule has 0 saturated heterocycles. The van der Waals surface area contributed by atoms with Crippen LogP contribution < -0.4 is 0 Å². The quantitative estimate of drug-likeness (QED) is 0.170. The molecular formula is C54H37N3O. The van der Waals surface area contributed by atoms with Gasteiger partial charge in [0.2, 0.25) is 0 Å². The maximum Gasteiger partial charge on any atom is 0.164 e. The van der Waals surface area contributed by atoms with Crippen molar-refractivity contribution in [2.45, 2.75) is 19.3 Å². The molecule has 0 saturated carbocycles. The molecule has 0 N–H and O–H groups in total. The molecule has 11 rings (SSSR count). The summed E-state index contributed by atoms with van der Waals surface area (Å²) in [5, 5.41) is 1.99. The highest BCUT2D eigenvalue weighted by molar-refractivity contribution is 6.12. The standard InChI is InChI=1S/C54H37N3O/c1-54(2)45-23-10-9-20-42(45)49-41(21-12-24-46(49)54)39-18-11-19-40(32-39)52-55-51(37-16-7-4-8-17-37)56-53(57-52)43-22-13-25-48-50(43)44-33-38(30-31-47(44)58-48)36-28-26-35(27-29-36)34-14-5-3-6-15-34/h3-33H,1-2H3. The molecule has 0 spiro atoms. The summed E-state index contributed by atoms with van der Waals surface area (Å²) >= 11 is 0. The number of nitrogens with zero attached hydrogens (tertiary/aromatic N) is 3. The van der Waals surface area contributed by atoms with E-state index in [2.05, 4.69) is 166 Å². The Labute approximate surface area is 337 Å². The van der Waals surface area contributed by atoms with Crippen LogP contribution in [-0.2, 0) is 5.41 Å². The van der Waals surface area contributed by atoms with Gasteiger partial charge < -0.3 is 4.42 Å². The summed E-state index contributed by atoms with van der Waals surface area (Å²) < 4.78 is 6.48. The summed E-state index contributed by atoms with van der Waals surface area (Å²) in [4.78, 5) is 15.6. The van der Waals surface area contributed by atoms with Crippen LogP contribution in [0.5, 0.6) is 0 Å². The van der Waals surface area contributed by atoms with E-state index in [0.29, 0.717) is 17.5 Å². The Bertz CT molecular complexity index is 3180. The van der Waals surface area contributed by atoms with E-state index in [9.17, 15) is 0 Å². The van der Waals surface area contributed by atoms with E-state index >= 15 is 0 Å². The van der Waals surface area contributed by atoms with Gasteiger partial charge in [-0.1, -0.05) is 178 Å². The summed E-state index contributed by atoms with van der Waals surface area (Å²) in [6.07, 6.45) is 0. The fraction of sp³-hybridized carbons (Fsp3) is 0.0556. The minimum Gasteiger partial charge on any atom is -0.456 e. The van der Waals surface area contributed by atoms with E-state index in [4.69, 9.17) is 19.4 Å². The van der Waals surface area contributed by atoms with E-state index in [-0.39, 0.29) is 5.41 Å². The van der Waals surface area contributed by atoms with Gasteiger partial charge >= 0.3 is 0 Å². The minimum atomic E-state index is -0.0840. The smallest absolute Gasteiger partial charge is 0.164 e. The molecule has 0 unspecified atom stereocenters. The zero-order valence-electron chi connectivity index (χ0n) is 32.1. The number of benzene rings is 8. The van der Waals surface area contributed by atoms with Crippen LogP contribution in [0.2, 0.25) is 0 Å². The highest BCUT2D eigenvalue weighted by Gasteiger charge is 2.36. The molecule has 0 radical (unpaired) electrons. The molecule has 8 aromatic carbocycles.